The Kier molecular flexibility index (Phi) is 4.26. The molecule has 28 heavy (non-hydrogen) atoms. The van der Waals surface area contributed by atoms with E-state index in [9.17, 15) is 19.8 Å². The van der Waals surface area contributed by atoms with E-state index in [4.69, 9.17) is 18.9 Å². The molecule has 2 aromatic rings. The van der Waals surface area contributed by atoms with E-state index in [0.29, 0.717) is 11.1 Å². The maximum Gasteiger partial charge on any atom is 0.314 e. The first kappa shape index (κ1) is 18.0. The summed E-state index contributed by atoms with van der Waals surface area (Å²) in [7, 11) is 2.81. The highest BCUT2D eigenvalue weighted by Crippen LogP contribution is 2.52. The molecule has 0 radical (unpaired) electrons. The first-order valence-electron chi connectivity index (χ1n) is 8.59. The van der Waals surface area contributed by atoms with Crippen molar-refractivity contribution in [3.8, 4) is 23.0 Å². The van der Waals surface area contributed by atoms with Crippen LogP contribution in [0.25, 0.3) is 0 Å². The van der Waals surface area contributed by atoms with Gasteiger partial charge < -0.3 is 29.2 Å². The molecule has 0 saturated carbocycles. The summed E-state index contributed by atoms with van der Waals surface area (Å²) in [6.45, 7) is 0. The number of ether oxygens (including phenoxy) is 4. The van der Waals surface area contributed by atoms with Gasteiger partial charge in [0.15, 0.2) is 23.0 Å². The standard InChI is InChI=1S/C20H18O8/c1-25-13-7-9(3-5-11(13)21)17-15-16(20(24)27-17)18(28-19(15)23)10-4-6-12(22)14(8-10)26-2/h3-8,15-18,21-22H,1-2H3/t15-,16-,17+,18+/m0/s1. The molecule has 8 heteroatoms. The molecule has 2 aliphatic heterocycles. The Bertz CT molecular complexity index is 876. The van der Waals surface area contributed by atoms with Crippen molar-refractivity contribution in [1.29, 1.82) is 0 Å². The van der Waals surface area contributed by atoms with Crippen LogP contribution >= 0.6 is 0 Å². The SMILES string of the molecule is COc1cc([C@H]2OC(=O)[C@H]3[C@@H]2C(=O)O[C@@H]3c2ccc(O)c(OC)c2)ccc1O. The first-order chi connectivity index (χ1) is 13.4. The number of aromatic hydroxyl groups is 2. The van der Waals surface area contributed by atoms with E-state index >= 15 is 0 Å². The number of esters is 2. The Morgan fingerprint density at radius 1 is 0.750 bits per heavy atom. The minimum Gasteiger partial charge on any atom is -0.504 e. The Hall–Kier alpha value is -3.42. The molecule has 2 aliphatic rings. The summed E-state index contributed by atoms with van der Waals surface area (Å²) in [5.41, 5.74) is 1.05. The molecular weight excluding hydrogens is 368 g/mol. The van der Waals surface area contributed by atoms with Gasteiger partial charge in [0.05, 0.1) is 14.2 Å². The largest absolute Gasteiger partial charge is 0.504 e. The van der Waals surface area contributed by atoms with Crippen molar-refractivity contribution in [2.75, 3.05) is 14.2 Å². The van der Waals surface area contributed by atoms with Gasteiger partial charge in [-0.25, -0.2) is 0 Å². The van der Waals surface area contributed by atoms with Crippen LogP contribution in [0.3, 0.4) is 0 Å². The topological polar surface area (TPSA) is 112 Å². The second kappa shape index (κ2) is 6.63. The van der Waals surface area contributed by atoms with Gasteiger partial charge in [0, 0.05) is 0 Å². The molecule has 0 bridgehead atoms. The smallest absolute Gasteiger partial charge is 0.314 e. The molecule has 2 aromatic carbocycles. The van der Waals surface area contributed by atoms with Crippen molar-refractivity contribution >= 4 is 11.9 Å². The van der Waals surface area contributed by atoms with Gasteiger partial charge >= 0.3 is 11.9 Å². The van der Waals surface area contributed by atoms with Crippen molar-refractivity contribution in [2.45, 2.75) is 12.2 Å². The third-order valence-corrected chi connectivity index (χ3v) is 5.13. The number of cyclic esters (lactones) is 2. The molecule has 8 nitrogen and oxygen atoms in total. The molecule has 0 aliphatic carbocycles. The maximum atomic E-state index is 12.6. The van der Waals surface area contributed by atoms with E-state index < -0.39 is 36.0 Å². The summed E-state index contributed by atoms with van der Waals surface area (Å²) in [5, 5.41) is 19.6. The normalized spacial score (nSPS) is 25.8. The summed E-state index contributed by atoms with van der Waals surface area (Å²) in [4.78, 5) is 25.2. The van der Waals surface area contributed by atoms with Gasteiger partial charge in [0.25, 0.3) is 0 Å². The number of carbonyl (C=O) groups is 2. The van der Waals surface area contributed by atoms with Crippen LogP contribution in [0.4, 0.5) is 0 Å². The minimum absolute atomic E-state index is 0.0600. The summed E-state index contributed by atoms with van der Waals surface area (Å²) in [6.07, 6.45) is -1.69. The number of benzene rings is 2. The lowest BCUT2D eigenvalue weighted by Crippen LogP contribution is -2.19. The Morgan fingerprint density at radius 3 is 1.50 bits per heavy atom. The quantitative estimate of drug-likeness (QED) is 0.770. The van der Waals surface area contributed by atoms with Gasteiger partial charge in [0.2, 0.25) is 0 Å². The Balaban J connectivity index is 1.69. The van der Waals surface area contributed by atoms with Crippen LogP contribution in [0.15, 0.2) is 36.4 Å². The number of hydrogen-bond acceptors (Lipinski definition) is 8. The van der Waals surface area contributed by atoms with E-state index in [1.807, 2.05) is 0 Å². The number of rotatable bonds is 4. The lowest BCUT2D eigenvalue weighted by molar-refractivity contribution is -0.154. The van der Waals surface area contributed by atoms with Gasteiger partial charge in [0.1, 0.15) is 24.0 Å². The molecule has 2 N–H and O–H groups in total. The predicted octanol–water partition coefficient (Wildman–Crippen LogP) is 2.24. The molecule has 4 rings (SSSR count). The third kappa shape index (κ3) is 2.69. The average Bonchev–Trinajstić information content (AvgIpc) is 3.21. The van der Waals surface area contributed by atoms with Crippen LogP contribution in [-0.2, 0) is 19.1 Å². The fourth-order valence-electron chi connectivity index (χ4n) is 3.76. The number of methoxy groups -OCH3 is 2. The van der Waals surface area contributed by atoms with Crippen LogP contribution in [0.2, 0.25) is 0 Å². The number of phenolic OH excluding ortho intramolecular Hbond substituents is 2. The van der Waals surface area contributed by atoms with Crippen LogP contribution < -0.4 is 9.47 Å². The van der Waals surface area contributed by atoms with Crippen LogP contribution in [0.1, 0.15) is 23.3 Å². The summed E-state index contributed by atoms with van der Waals surface area (Å²) in [6, 6.07) is 9.03. The van der Waals surface area contributed by atoms with Gasteiger partial charge in [-0.2, -0.15) is 0 Å². The van der Waals surface area contributed by atoms with Crippen molar-refractivity contribution in [2.24, 2.45) is 11.8 Å². The van der Waals surface area contributed by atoms with Gasteiger partial charge in [-0.1, -0.05) is 12.1 Å². The number of carbonyl (C=O) groups excluding carboxylic acids is 2. The van der Waals surface area contributed by atoms with Crippen molar-refractivity contribution in [3.05, 3.63) is 47.5 Å². The molecule has 0 amide bonds. The third-order valence-electron chi connectivity index (χ3n) is 5.13. The van der Waals surface area contributed by atoms with Crippen molar-refractivity contribution in [3.63, 3.8) is 0 Å². The Labute approximate surface area is 160 Å². The molecule has 2 fully saturated rings. The first-order valence-corrected chi connectivity index (χ1v) is 8.59. The molecular formula is C20H18O8. The second-order valence-corrected chi connectivity index (χ2v) is 6.63. The van der Waals surface area contributed by atoms with Crippen LogP contribution in [-0.4, -0.2) is 36.4 Å². The molecule has 0 aromatic heterocycles. The zero-order valence-corrected chi connectivity index (χ0v) is 15.1. The van der Waals surface area contributed by atoms with E-state index in [1.54, 1.807) is 12.1 Å². The zero-order chi connectivity index (χ0) is 20.0. The summed E-state index contributed by atoms with van der Waals surface area (Å²) in [5.74, 6) is -2.45. The summed E-state index contributed by atoms with van der Waals surface area (Å²) < 4.78 is 21.2. The second-order valence-electron chi connectivity index (χ2n) is 6.63. The van der Waals surface area contributed by atoms with E-state index in [1.165, 1.54) is 38.5 Å². The van der Waals surface area contributed by atoms with Gasteiger partial charge in [-0.3, -0.25) is 9.59 Å². The van der Waals surface area contributed by atoms with Gasteiger partial charge in [-0.05, 0) is 35.4 Å². The lowest BCUT2D eigenvalue weighted by Gasteiger charge is -2.16. The Morgan fingerprint density at radius 2 is 1.14 bits per heavy atom. The fraction of sp³-hybridized carbons (Fsp3) is 0.300. The average molecular weight is 386 g/mol. The molecule has 0 spiro atoms. The van der Waals surface area contributed by atoms with Gasteiger partial charge in [-0.15, -0.1) is 0 Å². The monoisotopic (exact) mass is 386 g/mol. The minimum atomic E-state index is -0.844. The molecule has 2 saturated heterocycles. The molecule has 2 heterocycles. The number of phenols is 2. The molecule has 4 atom stereocenters. The van der Waals surface area contributed by atoms with E-state index in [2.05, 4.69) is 0 Å². The number of fused-ring (bicyclic) bond motifs is 1. The summed E-state index contributed by atoms with van der Waals surface area (Å²) >= 11 is 0. The molecule has 0 unspecified atom stereocenters. The predicted molar refractivity (Wildman–Crippen MR) is 94.0 cm³/mol. The zero-order valence-electron chi connectivity index (χ0n) is 15.1. The van der Waals surface area contributed by atoms with Crippen molar-refractivity contribution < 1.29 is 38.7 Å². The van der Waals surface area contributed by atoms with Crippen molar-refractivity contribution in [1.82, 2.24) is 0 Å². The number of hydrogen-bond donors (Lipinski definition) is 2. The van der Waals surface area contributed by atoms with Crippen LogP contribution in [0, 0.1) is 11.8 Å². The fourth-order valence-corrected chi connectivity index (χ4v) is 3.76. The van der Waals surface area contributed by atoms with Crippen LogP contribution in [0.5, 0.6) is 23.0 Å². The van der Waals surface area contributed by atoms with E-state index in [0.717, 1.165) is 0 Å². The highest BCUT2D eigenvalue weighted by Gasteiger charge is 2.60. The molecule has 146 valence electrons. The highest BCUT2D eigenvalue weighted by atomic mass is 16.6. The maximum absolute atomic E-state index is 12.6. The highest BCUT2D eigenvalue weighted by molar-refractivity contribution is 5.89. The lowest BCUT2D eigenvalue weighted by atomic mass is 9.84. The van der Waals surface area contributed by atoms with E-state index in [-0.39, 0.29) is 23.0 Å².